The molecule has 0 atom stereocenters. The Balaban J connectivity index is 1.44. The summed E-state index contributed by atoms with van der Waals surface area (Å²) < 4.78 is 14.7. The minimum absolute atomic E-state index is 0.0148. The molecule has 0 fully saturated rings. The molecule has 45 heavy (non-hydrogen) atoms. The largest absolute Gasteiger partial charge is 0.485 e. The van der Waals surface area contributed by atoms with Gasteiger partial charge in [-0.15, -0.1) is 0 Å². The van der Waals surface area contributed by atoms with E-state index in [1.807, 2.05) is 31.4 Å². The van der Waals surface area contributed by atoms with Gasteiger partial charge in [0.15, 0.2) is 23.0 Å². The van der Waals surface area contributed by atoms with Gasteiger partial charge in [0.25, 0.3) is 11.6 Å². The van der Waals surface area contributed by atoms with Gasteiger partial charge in [0.2, 0.25) is 5.91 Å². The van der Waals surface area contributed by atoms with Gasteiger partial charge >= 0.3 is 0 Å². The van der Waals surface area contributed by atoms with E-state index in [9.17, 15) is 24.5 Å². The standard InChI is InChI=1S/C30H32N8O7/c1-4-37-21(12-17(3)35-37)23(39)15-24-34-20-13-18(29(31)40)11-16(2)26(20)36(24)8-6-5-7-33-25-22(38(42)43)14-19(30(32)41)27-28(25)45-10-9-44-27/h5-6,11-14,33H,4,7-10,15H2,1-3H3,(H2,31,40)(H2,32,41)/b6-5+. The van der Waals surface area contributed by atoms with E-state index in [1.165, 1.54) is 0 Å². The molecule has 0 aliphatic carbocycles. The van der Waals surface area contributed by atoms with E-state index in [0.29, 0.717) is 35.7 Å². The van der Waals surface area contributed by atoms with Crippen molar-refractivity contribution in [3.8, 4) is 11.5 Å². The van der Waals surface area contributed by atoms with Crippen molar-refractivity contribution >= 4 is 40.0 Å². The average Bonchev–Trinajstić information content (AvgIpc) is 3.55. The maximum absolute atomic E-state index is 13.4. The minimum Gasteiger partial charge on any atom is -0.485 e. The van der Waals surface area contributed by atoms with Gasteiger partial charge in [0.1, 0.15) is 24.7 Å². The van der Waals surface area contributed by atoms with Crippen LogP contribution in [0.5, 0.6) is 11.5 Å². The molecule has 0 radical (unpaired) electrons. The lowest BCUT2D eigenvalue weighted by molar-refractivity contribution is -0.384. The molecule has 0 unspecified atom stereocenters. The molecule has 0 saturated carbocycles. The monoisotopic (exact) mass is 616 g/mol. The number of carbonyl (C=O) groups excluding carboxylic acids is 3. The second kappa shape index (κ2) is 12.5. The fourth-order valence-corrected chi connectivity index (χ4v) is 5.36. The van der Waals surface area contributed by atoms with Crippen LogP contribution >= 0.6 is 0 Å². The molecule has 1 aliphatic rings. The summed E-state index contributed by atoms with van der Waals surface area (Å²) in [7, 11) is 0. The maximum Gasteiger partial charge on any atom is 0.297 e. The van der Waals surface area contributed by atoms with E-state index in [1.54, 1.807) is 29.0 Å². The van der Waals surface area contributed by atoms with Crippen molar-refractivity contribution in [2.45, 2.75) is 40.3 Å². The van der Waals surface area contributed by atoms with Crippen LogP contribution in [0.4, 0.5) is 11.4 Å². The number of nitrogens with two attached hydrogens (primary N) is 2. The zero-order chi connectivity index (χ0) is 32.4. The fraction of sp³-hybridized carbons (Fsp3) is 0.300. The van der Waals surface area contributed by atoms with Crippen molar-refractivity contribution in [3.05, 3.63) is 80.4 Å². The van der Waals surface area contributed by atoms with E-state index < -0.39 is 16.7 Å². The SMILES string of the molecule is CCn1nc(C)cc1C(=O)Cc1nc2cc(C(N)=O)cc(C)c2n1C/C=C/CNc1c([N+](=O)[O-])cc(C(N)=O)c2c1OCCO2. The third kappa shape index (κ3) is 6.04. The first-order valence-electron chi connectivity index (χ1n) is 14.2. The summed E-state index contributed by atoms with van der Waals surface area (Å²) in [5.41, 5.74) is 14.0. The quantitative estimate of drug-likeness (QED) is 0.0916. The number of primary amides is 2. The number of hydrogen-bond acceptors (Lipinski definition) is 10. The smallest absolute Gasteiger partial charge is 0.297 e. The molecule has 5 rings (SSSR count). The number of allylic oxidation sites excluding steroid dienone is 1. The van der Waals surface area contributed by atoms with Gasteiger partial charge in [-0.3, -0.25) is 29.2 Å². The number of anilines is 1. The van der Waals surface area contributed by atoms with Crippen molar-refractivity contribution in [2.24, 2.45) is 11.5 Å². The number of ether oxygens (including phenoxy) is 2. The molecule has 2 aromatic carbocycles. The summed E-state index contributed by atoms with van der Waals surface area (Å²) in [5, 5.41) is 19.2. The highest BCUT2D eigenvalue weighted by atomic mass is 16.6. The Hall–Kier alpha value is -5.73. The zero-order valence-corrected chi connectivity index (χ0v) is 25.0. The molecule has 15 heteroatoms. The number of imidazole rings is 1. The number of nitro benzene ring substituents is 1. The Morgan fingerprint density at radius 1 is 1.07 bits per heavy atom. The van der Waals surface area contributed by atoms with Gasteiger partial charge in [0, 0.05) is 31.3 Å². The predicted octanol–water partition coefficient (Wildman–Crippen LogP) is 2.84. The van der Waals surface area contributed by atoms with Gasteiger partial charge in [-0.1, -0.05) is 12.2 Å². The third-order valence-electron chi connectivity index (χ3n) is 7.31. The molecule has 0 bridgehead atoms. The van der Waals surface area contributed by atoms with E-state index in [4.69, 9.17) is 25.9 Å². The highest BCUT2D eigenvalue weighted by Gasteiger charge is 2.31. The lowest BCUT2D eigenvalue weighted by Gasteiger charge is -2.23. The molecule has 2 aromatic heterocycles. The van der Waals surface area contributed by atoms with Crippen LogP contribution in [0.2, 0.25) is 0 Å². The van der Waals surface area contributed by atoms with Gasteiger partial charge in [-0.2, -0.15) is 5.10 Å². The Morgan fingerprint density at radius 3 is 2.47 bits per heavy atom. The number of hydrogen-bond donors (Lipinski definition) is 3. The number of amides is 2. The molecule has 2 amide bonds. The number of nitrogens with zero attached hydrogens (tertiary/aromatic N) is 5. The first kappa shape index (κ1) is 30.7. The summed E-state index contributed by atoms with van der Waals surface area (Å²) in [4.78, 5) is 53.1. The lowest BCUT2D eigenvalue weighted by atomic mass is 10.1. The van der Waals surface area contributed by atoms with Gasteiger partial charge in [-0.05, 0) is 44.5 Å². The lowest BCUT2D eigenvalue weighted by Crippen LogP contribution is -2.22. The fourth-order valence-electron chi connectivity index (χ4n) is 5.36. The minimum atomic E-state index is -0.874. The number of aryl methyl sites for hydroxylation is 3. The molecule has 1 aliphatic heterocycles. The number of carbonyl (C=O) groups is 3. The third-order valence-corrected chi connectivity index (χ3v) is 7.31. The summed E-state index contributed by atoms with van der Waals surface area (Å²) in [6, 6.07) is 6.08. The number of aromatic nitrogens is 4. The van der Waals surface area contributed by atoms with E-state index in [-0.39, 0.29) is 60.4 Å². The van der Waals surface area contributed by atoms with Crippen molar-refractivity contribution in [3.63, 3.8) is 0 Å². The van der Waals surface area contributed by atoms with E-state index >= 15 is 0 Å². The van der Waals surface area contributed by atoms with E-state index in [0.717, 1.165) is 22.8 Å². The topological polar surface area (TPSA) is 213 Å². The van der Waals surface area contributed by atoms with Crippen LogP contribution in [0.15, 0.2) is 36.4 Å². The normalized spacial score (nSPS) is 12.5. The highest BCUT2D eigenvalue weighted by Crippen LogP contribution is 2.46. The number of benzene rings is 2. The van der Waals surface area contributed by atoms with Gasteiger partial charge in [-0.25, -0.2) is 4.98 Å². The van der Waals surface area contributed by atoms with Gasteiger partial charge < -0.3 is 30.8 Å². The van der Waals surface area contributed by atoms with Crippen LogP contribution in [-0.2, 0) is 19.5 Å². The van der Waals surface area contributed by atoms with Crippen LogP contribution in [0.25, 0.3) is 11.0 Å². The molecule has 5 N–H and O–H groups in total. The van der Waals surface area contributed by atoms with Crippen molar-refractivity contribution in [1.82, 2.24) is 19.3 Å². The van der Waals surface area contributed by atoms with Crippen LogP contribution in [-0.4, -0.2) is 61.6 Å². The number of nitrogens with one attached hydrogen (secondary N) is 1. The molecule has 15 nitrogen and oxygen atoms in total. The van der Waals surface area contributed by atoms with Crippen molar-refractivity contribution < 1.29 is 28.8 Å². The average molecular weight is 617 g/mol. The maximum atomic E-state index is 13.4. The van der Waals surface area contributed by atoms with Crippen molar-refractivity contribution in [2.75, 3.05) is 25.1 Å². The van der Waals surface area contributed by atoms with Gasteiger partial charge in [0.05, 0.1) is 33.6 Å². The highest BCUT2D eigenvalue weighted by molar-refractivity contribution is 6.00. The second-order valence-corrected chi connectivity index (χ2v) is 10.4. The number of Topliss-reactive ketones (excluding diaryl/α,β-unsaturated/α-hetero) is 1. The van der Waals surface area contributed by atoms with Crippen molar-refractivity contribution in [1.29, 1.82) is 0 Å². The second-order valence-electron chi connectivity index (χ2n) is 10.4. The number of ketones is 1. The zero-order valence-electron chi connectivity index (χ0n) is 25.0. The molecule has 3 heterocycles. The molecule has 0 spiro atoms. The Kier molecular flexibility index (Phi) is 8.52. The summed E-state index contributed by atoms with van der Waals surface area (Å²) >= 11 is 0. The first-order chi connectivity index (χ1) is 21.5. The molecule has 0 saturated heterocycles. The van der Waals surface area contributed by atoms with Crippen LogP contribution < -0.4 is 26.3 Å². The molecular weight excluding hydrogens is 584 g/mol. The molecular formula is C30H32N8O7. The molecule has 4 aromatic rings. The predicted molar refractivity (Wildman–Crippen MR) is 164 cm³/mol. The number of fused-ring (bicyclic) bond motifs is 2. The van der Waals surface area contributed by atoms with Crippen LogP contribution in [0.1, 0.15) is 55.2 Å². The van der Waals surface area contributed by atoms with E-state index in [2.05, 4.69) is 10.4 Å². The summed E-state index contributed by atoms with van der Waals surface area (Å²) in [6.07, 6.45) is 3.55. The Bertz CT molecular complexity index is 1890. The number of nitro groups is 1. The summed E-state index contributed by atoms with van der Waals surface area (Å²) in [6.45, 7) is 6.84. The van der Waals surface area contributed by atoms with Crippen LogP contribution in [0, 0.1) is 24.0 Å². The summed E-state index contributed by atoms with van der Waals surface area (Å²) in [5.74, 6) is -1.05. The Labute approximate surface area is 256 Å². The Morgan fingerprint density at radius 2 is 1.80 bits per heavy atom. The number of rotatable bonds is 12. The molecule has 234 valence electrons. The first-order valence-corrected chi connectivity index (χ1v) is 14.2. The van der Waals surface area contributed by atoms with Crippen LogP contribution in [0.3, 0.4) is 0 Å².